The number of rotatable bonds is 4. The van der Waals surface area contributed by atoms with Crippen molar-refractivity contribution in [3.8, 4) is 11.3 Å². The summed E-state index contributed by atoms with van der Waals surface area (Å²) in [5.41, 5.74) is 9.90. The Balaban J connectivity index is 2.08. The number of hydrogen-bond donors (Lipinski definition) is 2. The molecule has 0 aliphatic carbocycles. The van der Waals surface area contributed by atoms with Gasteiger partial charge in [-0.1, -0.05) is 6.07 Å². The standard InChI is InChI=1S/C19H25N5/c1-14-6-7-15(21-2)12-16(14)17-13-19(23-18(22-17)8-9-20)24-10-4-3-5-11-24/h6-9,12-13,21H,3-5,10-11,20H2,1-2H3. The van der Waals surface area contributed by atoms with E-state index in [1.807, 2.05) is 7.05 Å². The summed E-state index contributed by atoms with van der Waals surface area (Å²) in [6, 6.07) is 8.42. The Morgan fingerprint density at radius 3 is 2.62 bits per heavy atom. The highest BCUT2D eigenvalue weighted by atomic mass is 15.2. The lowest BCUT2D eigenvalue weighted by Gasteiger charge is -2.28. The molecule has 0 bridgehead atoms. The summed E-state index contributed by atoms with van der Waals surface area (Å²) < 4.78 is 0. The van der Waals surface area contributed by atoms with Gasteiger partial charge in [0.2, 0.25) is 0 Å². The summed E-state index contributed by atoms with van der Waals surface area (Å²) in [5.74, 6) is 1.65. The van der Waals surface area contributed by atoms with Crippen molar-refractivity contribution in [3.63, 3.8) is 0 Å². The third kappa shape index (κ3) is 3.50. The Hall–Kier alpha value is -2.56. The smallest absolute Gasteiger partial charge is 0.156 e. The van der Waals surface area contributed by atoms with Crippen molar-refractivity contribution in [2.45, 2.75) is 26.2 Å². The number of nitrogens with zero attached hydrogens (tertiary/aromatic N) is 3. The third-order valence-corrected chi connectivity index (χ3v) is 4.46. The zero-order valence-electron chi connectivity index (χ0n) is 14.4. The van der Waals surface area contributed by atoms with Gasteiger partial charge in [0.25, 0.3) is 0 Å². The summed E-state index contributed by atoms with van der Waals surface area (Å²) in [6.45, 7) is 4.21. The molecular weight excluding hydrogens is 298 g/mol. The Bertz CT molecular complexity index is 733. The van der Waals surface area contributed by atoms with Crippen LogP contribution in [-0.2, 0) is 0 Å². The molecule has 0 radical (unpaired) electrons. The van der Waals surface area contributed by atoms with Crippen LogP contribution >= 0.6 is 0 Å². The number of nitrogens with two attached hydrogens (primary N) is 1. The number of piperidine rings is 1. The SMILES string of the molecule is CNc1ccc(C)c(-c2cc(N3CCCCC3)nc(C=CN)n2)c1. The lowest BCUT2D eigenvalue weighted by atomic mass is 10.0. The van der Waals surface area contributed by atoms with Crippen LogP contribution in [0.25, 0.3) is 17.3 Å². The summed E-state index contributed by atoms with van der Waals surface area (Å²) in [6.07, 6.45) is 6.99. The van der Waals surface area contributed by atoms with E-state index in [9.17, 15) is 0 Å². The quantitative estimate of drug-likeness (QED) is 0.902. The van der Waals surface area contributed by atoms with Gasteiger partial charge in [-0.2, -0.15) is 0 Å². The van der Waals surface area contributed by atoms with Gasteiger partial charge in [0.05, 0.1) is 5.69 Å². The maximum atomic E-state index is 5.57. The molecule has 1 fully saturated rings. The van der Waals surface area contributed by atoms with Crippen molar-refractivity contribution in [1.82, 2.24) is 9.97 Å². The molecule has 1 aromatic carbocycles. The average Bonchev–Trinajstić information content (AvgIpc) is 2.63. The van der Waals surface area contributed by atoms with E-state index in [0.717, 1.165) is 35.9 Å². The van der Waals surface area contributed by atoms with Crippen LogP contribution in [0.15, 0.2) is 30.5 Å². The number of hydrogen-bond acceptors (Lipinski definition) is 5. The molecule has 0 atom stereocenters. The zero-order chi connectivity index (χ0) is 16.9. The van der Waals surface area contributed by atoms with E-state index in [2.05, 4.69) is 46.4 Å². The van der Waals surface area contributed by atoms with Crippen LogP contribution < -0.4 is 16.0 Å². The maximum Gasteiger partial charge on any atom is 0.156 e. The van der Waals surface area contributed by atoms with Crippen molar-refractivity contribution < 1.29 is 0 Å². The van der Waals surface area contributed by atoms with Crippen molar-refractivity contribution in [2.75, 3.05) is 30.4 Å². The molecule has 5 nitrogen and oxygen atoms in total. The molecule has 2 heterocycles. The Morgan fingerprint density at radius 1 is 1.12 bits per heavy atom. The first kappa shape index (κ1) is 16.3. The first-order valence-electron chi connectivity index (χ1n) is 8.52. The topological polar surface area (TPSA) is 67.1 Å². The number of benzene rings is 1. The van der Waals surface area contributed by atoms with Gasteiger partial charge in [0.1, 0.15) is 5.82 Å². The number of aryl methyl sites for hydroxylation is 1. The molecule has 2 aromatic rings. The van der Waals surface area contributed by atoms with Crippen molar-refractivity contribution in [2.24, 2.45) is 5.73 Å². The molecule has 0 saturated carbocycles. The van der Waals surface area contributed by atoms with Crippen LogP contribution in [0.2, 0.25) is 0 Å². The van der Waals surface area contributed by atoms with Crippen LogP contribution in [0.4, 0.5) is 11.5 Å². The molecule has 5 heteroatoms. The van der Waals surface area contributed by atoms with Crippen molar-refractivity contribution in [3.05, 3.63) is 41.9 Å². The first-order valence-corrected chi connectivity index (χ1v) is 8.52. The van der Waals surface area contributed by atoms with Gasteiger partial charge in [-0.3, -0.25) is 0 Å². The van der Waals surface area contributed by atoms with E-state index in [0.29, 0.717) is 5.82 Å². The van der Waals surface area contributed by atoms with Crippen molar-refractivity contribution >= 4 is 17.6 Å². The third-order valence-electron chi connectivity index (χ3n) is 4.46. The molecule has 0 amide bonds. The normalized spacial score (nSPS) is 15.0. The Labute approximate surface area is 143 Å². The van der Waals surface area contributed by atoms with E-state index in [1.54, 1.807) is 6.08 Å². The molecular formula is C19H25N5. The molecule has 1 aliphatic heterocycles. The van der Waals surface area contributed by atoms with Crippen molar-refractivity contribution in [1.29, 1.82) is 0 Å². The summed E-state index contributed by atoms with van der Waals surface area (Å²) >= 11 is 0. The molecule has 1 saturated heterocycles. The van der Waals surface area contributed by atoms with Crippen LogP contribution in [0.3, 0.4) is 0 Å². The van der Waals surface area contributed by atoms with Gasteiger partial charge < -0.3 is 16.0 Å². The predicted octanol–water partition coefficient (Wildman–Crippen LogP) is 3.41. The van der Waals surface area contributed by atoms with Gasteiger partial charge in [-0.25, -0.2) is 9.97 Å². The van der Waals surface area contributed by atoms with Gasteiger partial charge in [-0.05, 0) is 56.2 Å². The van der Waals surface area contributed by atoms with E-state index < -0.39 is 0 Å². The lowest BCUT2D eigenvalue weighted by molar-refractivity contribution is 0.573. The van der Waals surface area contributed by atoms with E-state index in [-0.39, 0.29) is 0 Å². The fourth-order valence-corrected chi connectivity index (χ4v) is 3.09. The first-order chi connectivity index (χ1) is 11.7. The zero-order valence-corrected chi connectivity index (χ0v) is 14.4. The molecule has 126 valence electrons. The lowest BCUT2D eigenvalue weighted by Crippen LogP contribution is -2.30. The minimum absolute atomic E-state index is 0.657. The average molecular weight is 323 g/mol. The number of aromatic nitrogens is 2. The molecule has 0 unspecified atom stereocenters. The highest BCUT2D eigenvalue weighted by Gasteiger charge is 2.15. The molecule has 1 aromatic heterocycles. The molecule has 3 N–H and O–H groups in total. The maximum absolute atomic E-state index is 5.57. The van der Waals surface area contributed by atoms with Gasteiger partial charge >= 0.3 is 0 Å². The molecule has 0 spiro atoms. The summed E-state index contributed by atoms with van der Waals surface area (Å²) in [7, 11) is 1.93. The highest BCUT2D eigenvalue weighted by molar-refractivity contribution is 5.71. The Kier molecular flexibility index (Phi) is 4.99. The minimum atomic E-state index is 0.657. The minimum Gasteiger partial charge on any atom is -0.404 e. The summed E-state index contributed by atoms with van der Waals surface area (Å²) in [5, 5.41) is 3.19. The Morgan fingerprint density at radius 2 is 1.92 bits per heavy atom. The van der Waals surface area contributed by atoms with Crippen LogP contribution in [0.1, 0.15) is 30.7 Å². The second kappa shape index (κ2) is 7.34. The largest absolute Gasteiger partial charge is 0.404 e. The predicted molar refractivity (Wildman–Crippen MR) is 101 cm³/mol. The second-order valence-electron chi connectivity index (χ2n) is 6.16. The van der Waals surface area contributed by atoms with Gasteiger partial charge in [0, 0.05) is 37.5 Å². The molecule has 1 aliphatic rings. The van der Waals surface area contributed by atoms with Crippen LogP contribution in [0, 0.1) is 6.92 Å². The van der Waals surface area contributed by atoms with E-state index in [1.165, 1.54) is 31.0 Å². The number of nitrogens with one attached hydrogen (secondary N) is 1. The van der Waals surface area contributed by atoms with Gasteiger partial charge in [0.15, 0.2) is 5.82 Å². The fraction of sp³-hybridized carbons (Fsp3) is 0.368. The van der Waals surface area contributed by atoms with Crippen LogP contribution in [-0.4, -0.2) is 30.1 Å². The summed E-state index contributed by atoms with van der Waals surface area (Å²) in [4.78, 5) is 11.7. The van der Waals surface area contributed by atoms with Gasteiger partial charge in [-0.15, -0.1) is 0 Å². The molecule has 3 rings (SSSR count). The molecule has 24 heavy (non-hydrogen) atoms. The monoisotopic (exact) mass is 323 g/mol. The van der Waals surface area contributed by atoms with E-state index in [4.69, 9.17) is 10.7 Å². The fourth-order valence-electron chi connectivity index (χ4n) is 3.09. The second-order valence-corrected chi connectivity index (χ2v) is 6.16. The van der Waals surface area contributed by atoms with Crippen LogP contribution in [0.5, 0.6) is 0 Å². The van der Waals surface area contributed by atoms with E-state index >= 15 is 0 Å². The number of anilines is 2. The highest BCUT2D eigenvalue weighted by Crippen LogP contribution is 2.28.